The van der Waals surface area contributed by atoms with Gasteiger partial charge in [-0.3, -0.25) is 0 Å². The van der Waals surface area contributed by atoms with E-state index in [1.54, 1.807) is 0 Å². The van der Waals surface area contributed by atoms with Gasteiger partial charge in [0, 0.05) is 35.8 Å². The van der Waals surface area contributed by atoms with Crippen molar-refractivity contribution in [3.8, 4) is 0 Å². The first-order valence-electron chi connectivity index (χ1n) is 8.39. The van der Waals surface area contributed by atoms with Gasteiger partial charge in [-0.05, 0) is 67.8 Å². The van der Waals surface area contributed by atoms with Crippen LogP contribution in [0.4, 0.5) is 22.7 Å². The van der Waals surface area contributed by atoms with Gasteiger partial charge in [0.1, 0.15) is 0 Å². The van der Waals surface area contributed by atoms with E-state index in [9.17, 15) is 0 Å². The van der Waals surface area contributed by atoms with Crippen LogP contribution in [0.2, 0.25) is 0 Å². The van der Waals surface area contributed by atoms with Gasteiger partial charge >= 0.3 is 0 Å². The Morgan fingerprint density at radius 3 is 1.96 bits per heavy atom. The lowest BCUT2D eigenvalue weighted by molar-refractivity contribution is 0.756. The smallest absolute Gasteiger partial charge is 0.0341 e. The molecular formula is C20H28N4. The predicted molar refractivity (Wildman–Crippen MR) is 106 cm³/mol. The molecule has 2 aromatic rings. The molecule has 0 aromatic heterocycles. The lowest BCUT2D eigenvalue weighted by Gasteiger charge is -2.12. The first kappa shape index (κ1) is 17.7. The van der Waals surface area contributed by atoms with Crippen LogP contribution in [0.15, 0.2) is 60.2 Å². The average Bonchev–Trinajstić information content (AvgIpc) is 2.56. The van der Waals surface area contributed by atoms with Crippen LogP contribution in [0.3, 0.4) is 0 Å². The van der Waals surface area contributed by atoms with Crippen molar-refractivity contribution < 1.29 is 0 Å². The Labute approximate surface area is 144 Å². The number of nitrogen functional groups attached to an aromatic ring is 2. The van der Waals surface area contributed by atoms with E-state index in [2.05, 4.69) is 30.6 Å². The van der Waals surface area contributed by atoms with Gasteiger partial charge in [0.25, 0.3) is 0 Å². The van der Waals surface area contributed by atoms with Gasteiger partial charge in [-0.15, -0.1) is 0 Å². The second-order valence-electron chi connectivity index (χ2n) is 6.29. The molecule has 2 rings (SSSR count). The summed E-state index contributed by atoms with van der Waals surface area (Å²) in [6.07, 6.45) is 3.35. The fourth-order valence-electron chi connectivity index (χ4n) is 2.51. The molecule has 4 nitrogen and oxygen atoms in total. The van der Waals surface area contributed by atoms with Crippen molar-refractivity contribution >= 4 is 22.7 Å². The Kier molecular flexibility index (Phi) is 6.55. The highest BCUT2D eigenvalue weighted by atomic mass is 14.9. The quantitative estimate of drug-likeness (QED) is 0.430. The highest BCUT2D eigenvalue weighted by molar-refractivity contribution is 5.52. The minimum Gasteiger partial charge on any atom is -0.399 e. The standard InChI is InChI=1S/C20H28N4/c1-15(11-12-23-19-7-3-17(21)4-8-19)13-16(2)14-24-20-9-5-18(22)6-10-20/h3-10,13,16,23-24H,11-12,14,21-22H2,1-2H3/b15-13+. The molecule has 1 unspecified atom stereocenters. The molecule has 0 radical (unpaired) electrons. The molecule has 0 saturated heterocycles. The van der Waals surface area contributed by atoms with Gasteiger partial charge in [0.05, 0.1) is 0 Å². The number of rotatable bonds is 8. The van der Waals surface area contributed by atoms with E-state index < -0.39 is 0 Å². The fraction of sp³-hybridized carbons (Fsp3) is 0.300. The normalized spacial score (nSPS) is 12.7. The molecule has 128 valence electrons. The molecule has 6 N–H and O–H groups in total. The van der Waals surface area contributed by atoms with E-state index in [1.165, 1.54) is 5.57 Å². The maximum atomic E-state index is 5.69. The van der Waals surface area contributed by atoms with Crippen LogP contribution in [0, 0.1) is 5.92 Å². The second-order valence-corrected chi connectivity index (χ2v) is 6.29. The van der Waals surface area contributed by atoms with Crippen molar-refractivity contribution in [2.24, 2.45) is 5.92 Å². The summed E-state index contributed by atoms with van der Waals surface area (Å²) in [5.74, 6) is 0.471. The molecular weight excluding hydrogens is 296 g/mol. The summed E-state index contributed by atoms with van der Waals surface area (Å²) >= 11 is 0. The van der Waals surface area contributed by atoms with Gasteiger partial charge in [-0.1, -0.05) is 18.6 Å². The first-order valence-corrected chi connectivity index (χ1v) is 8.39. The highest BCUT2D eigenvalue weighted by Crippen LogP contribution is 2.14. The summed E-state index contributed by atoms with van der Waals surface area (Å²) < 4.78 is 0. The van der Waals surface area contributed by atoms with Crippen molar-refractivity contribution in [2.45, 2.75) is 20.3 Å². The molecule has 4 heteroatoms. The van der Waals surface area contributed by atoms with Gasteiger partial charge < -0.3 is 22.1 Å². The minimum atomic E-state index is 0.471. The van der Waals surface area contributed by atoms with Crippen molar-refractivity contribution in [2.75, 3.05) is 35.2 Å². The van der Waals surface area contributed by atoms with Crippen molar-refractivity contribution in [3.05, 3.63) is 60.2 Å². The van der Waals surface area contributed by atoms with Crippen LogP contribution >= 0.6 is 0 Å². The van der Waals surface area contributed by atoms with Crippen LogP contribution < -0.4 is 22.1 Å². The van der Waals surface area contributed by atoms with Gasteiger partial charge in [0.2, 0.25) is 0 Å². The SMILES string of the molecule is C/C(=C\C(C)CNc1ccc(N)cc1)CCNc1ccc(N)cc1. The number of hydrogen-bond donors (Lipinski definition) is 4. The van der Waals surface area contributed by atoms with E-state index in [1.807, 2.05) is 48.5 Å². The van der Waals surface area contributed by atoms with Crippen LogP contribution in [0.1, 0.15) is 20.3 Å². The Hall–Kier alpha value is -2.62. The van der Waals surface area contributed by atoms with Crippen LogP contribution in [0.25, 0.3) is 0 Å². The second kappa shape index (κ2) is 8.87. The van der Waals surface area contributed by atoms with E-state index in [0.717, 1.165) is 42.3 Å². The zero-order valence-corrected chi connectivity index (χ0v) is 14.5. The maximum absolute atomic E-state index is 5.69. The zero-order chi connectivity index (χ0) is 17.4. The predicted octanol–water partition coefficient (Wildman–Crippen LogP) is 4.35. The zero-order valence-electron chi connectivity index (χ0n) is 14.5. The Morgan fingerprint density at radius 1 is 0.917 bits per heavy atom. The minimum absolute atomic E-state index is 0.471. The van der Waals surface area contributed by atoms with Crippen LogP contribution in [0.5, 0.6) is 0 Å². The lowest BCUT2D eigenvalue weighted by Crippen LogP contribution is -2.10. The number of nitrogens with one attached hydrogen (secondary N) is 2. The molecule has 0 amide bonds. The molecule has 24 heavy (non-hydrogen) atoms. The van der Waals surface area contributed by atoms with E-state index in [0.29, 0.717) is 5.92 Å². The van der Waals surface area contributed by atoms with Gasteiger partial charge in [-0.2, -0.15) is 0 Å². The van der Waals surface area contributed by atoms with Crippen molar-refractivity contribution in [1.29, 1.82) is 0 Å². The molecule has 2 aromatic carbocycles. The highest BCUT2D eigenvalue weighted by Gasteiger charge is 2.00. The van der Waals surface area contributed by atoms with Gasteiger partial charge in [-0.25, -0.2) is 0 Å². The summed E-state index contributed by atoms with van der Waals surface area (Å²) in [6.45, 7) is 6.24. The molecule has 0 bridgehead atoms. The Balaban J connectivity index is 1.71. The molecule has 0 saturated carbocycles. The Bertz CT molecular complexity index is 644. The third kappa shape index (κ3) is 6.24. The molecule has 1 atom stereocenters. The molecule has 0 aliphatic heterocycles. The van der Waals surface area contributed by atoms with E-state index in [-0.39, 0.29) is 0 Å². The molecule has 0 heterocycles. The summed E-state index contributed by atoms with van der Waals surface area (Å²) in [5.41, 5.74) is 16.6. The molecule has 0 aliphatic carbocycles. The Morgan fingerprint density at radius 2 is 1.42 bits per heavy atom. The van der Waals surface area contributed by atoms with E-state index in [4.69, 9.17) is 11.5 Å². The molecule has 0 fully saturated rings. The molecule has 0 spiro atoms. The molecule has 0 aliphatic rings. The maximum Gasteiger partial charge on any atom is 0.0341 e. The van der Waals surface area contributed by atoms with Crippen molar-refractivity contribution in [3.63, 3.8) is 0 Å². The summed E-state index contributed by atoms with van der Waals surface area (Å²) in [5, 5.41) is 6.85. The number of anilines is 4. The lowest BCUT2D eigenvalue weighted by atomic mass is 10.1. The first-order chi connectivity index (χ1) is 11.5. The monoisotopic (exact) mass is 324 g/mol. The summed E-state index contributed by atoms with van der Waals surface area (Å²) in [6, 6.07) is 15.7. The van der Waals surface area contributed by atoms with E-state index >= 15 is 0 Å². The largest absolute Gasteiger partial charge is 0.399 e. The number of hydrogen-bond acceptors (Lipinski definition) is 4. The summed E-state index contributed by atoms with van der Waals surface area (Å²) in [4.78, 5) is 0. The van der Waals surface area contributed by atoms with Gasteiger partial charge in [0.15, 0.2) is 0 Å². The van der Waals surface area contributed by atoms with Crippen LogP contribution in [-0.2, 0) is 0 Å². The summed E-state index contributed by atoms with van der Waals surface area (Å²) in [7, 11) is 0. The van der Waals surface area contributed by atoms with Crippen molar-refractivity contribution in [1.82, 2.24) is 0 Å². The third-order valence-corrected chi connectivity index (χ3v) is 3.87. The fourth-order valence-corrected chi connectivity index (χ4v) is 2.51. The topological polar surface area (TPSA) is 76.1 Å². The van der Waals surface area contributed by atoms with Crippen LogP contribution in [-0.4, -0.2) is 13.1 Å². The number of benzene rings is 2. The average molecular weight is 324 g/mol. The number of nitrogens with two attached hydrogens (primary N) is 2. The third-order valence-electron chi connectivity index (χ3n) is 3.87.